The average Bonchev–Trinajstić information content (AvgIpc) is 2.68. The van der Waals surface area contributed by atoms with Crippen molar-refractivity contribution >= 4 is 15.7 Å². The van der Waals surface area contributed by atoms with Gasteiger partial charge in [-0.15, -0.1) is 0 Å². The maximum absolute atomic E-state index is 12.3. The first kappa shape index (κ1) is 13.8. The molecule has 0 aromatic carbocycles. The molecule has 2 fully saturated rings. The van der Waals surface area contributed by atoms with Crippen LogP contribution in [0.3, 0.4) is 0 Å². The third-order valence-electron chi connectivity index (χ3n) is 4.17. The second-order valence-corrected chi connectivity index (χ2v) is 7.77. The Balaban J connectivity index is 1.95. The fraction of sp³-hybridized carbons (Fsp3) is 0.917. The lowest BCUT2D eigenvalue weighted by Crippen LogP contribution is -2.50. The first-order valence-corrected chi connectivity index (χ1v) is 8.41. The van der Waals surface area contributed by atoms with E-state index in [0.29, 0.717) is 18.4 Å². The zero-order valence-electron chi connectivity index (χ0n) is 11.1. The number of nitrogens with zero attached hydrogens (tertiary/aromatic N) is 1. The van der Waals surface area contributed by atoms with Crippen LogP contribution in [0, 0.1) is 11.8 Å². The smallest absolute Gasteiger partial charge is 0.226 e. The molecule has 0 saturated carbocycles. The minimum atomic E-state index is -2.97. The first-order chi connectivity index (χ1) is 8.43. The van der Waals surface area contributed by atoms with Gasteiger partial charge in [-0.1, -0.05) is 6.92 Å². The molecule has 3 unspecified atom stereocenters. The van der Waals surface area contributed by atoms with E-state index >= 15 is 0 Å². The van der Waals surface area contributed by atoms with Crippen LogP contribution in [0.4, 0.5) is 0 Å². The zero-order chi connectivity index (χ0) is 13.3. The molecule has 0 bridgehead atoms. The molecule has 104 valence electrons. The highest BCUT2D eigenvalue weighted by Crippen LogP contribution is 2.24. The van der Waals surface area contributed by atoms with Gasteiger partial charge in [-0.2, -0.15) is 0 Å². The predicted molar refractivity (Wildman–Crippen MR) is 70.0 cm³/mol. The minimum Gasteiger partial charge on any atom is -0.342 e. The Hall–Kier alpha value is -0.620. The van der Waals surface area contributed by atoms with Crippen LogP contribution in [0.15, 0.2) is 0 Å². The summed E-state index contributed by atoms with van der Waals surface area (Å²) >= 11 is 0. The van der Waals surface area contributed by atoms with Crippen LogP contribution in [0.1, 0.15) is 19.8 Å². The number of piperidine rings is 1. The molecule has 18 heavy (non-hydrogen) atoms. The fourth-order valence-electron chi connectivity index (χ4n) is 3.02. The molecule has 6 heteroatoms. The molecular formula is C12H22N2O3S. The molecule has 0 aromatic heterocycles. The van der Waals surface area contributed by atoms with Gasteiger partial charge >= 0.3 is 0 Å². The van der Waals surface area contributed by atoms with Crippen LogP contribution in [-0.2, 0) is 14.6 Å². The van der Waals surface area contributed by atoms with Crippen LogP contribution in [0.25, 0.3) is 0 Å². The van der Waals surface area contributed by atoms with Gasteiger partial charge < -0.3 is 10.2 Å². The van der Waals surface area contributed by atoms with Gasteiger partial charge in [-0.05, 0) is 25.8 Å². The number of amides is 1. The molecule has 1 N–H and O–H groups in total. The van der Waals surface area contributed by atoms with E-state index in [9.17, 15) is 13.2 Å². The number of hydrogen-bond acceptors (Lipinski definition) is 4. The van der Waals surface area contributed by atoms with Gasteiger partial charge in [0.1, 0.15) is 0 Å². The molecule has 0 spiro atoms. The van der Waals surface area contributed by atoms with Crippen LogP contribution in [0.5, 0.6) is 0 Å². The highest BCUT2D eigenvalue weighted by Gasteiger charge is 2.37. The van der Waals surface area contributed by atoms with Crippen LogP contribution in [0.2, 0.25) is 0 Å². The summed E-state index contributed by atoms with van der Waals surface area (Å²) in [5.74, 6) is 0.384. The second-order valence-electron chi connectivity index (χ2n) is 5.55. The van der Waals surface area contributed by atoms with Gasteiger partial charge in [0, 0.05) is 19.1 Å². The van der Waals surface area contributed by atoms with Gasteiger partial charge in [-0.25, -0.2) is 8.42 Å². The lowest BCUT2D eigenvalue weighted by molar-refractivity contribution is -0.136. The van der Waals surface area contributed by atoms with E-state index in [1.807, 2.05) is 11.9 Å². The molecule has 3 atom stereocenters. The number of carbonyl (C=O) groups excluding carboxylic acids is 1. The van der Waals surface area contributed by atoms with E-state index in [1.54, 1.807) is 0 Å². The van der Waals surface area contributed by atoms with Crippen LogP contribution >= 0.6 is 0 Å². The number of rotatable bonds is 2. The quantitative estimate of drug-likeness (QED) is 0.762. The average molecular weight is 274 g/mol. The SMILES string of the molecule is CNC1CCN(C(=O)C2CCS(=O)(=O)C2)CC1C. The molecule has 2 heterocycles. The van der Waals surface area contributed by atoms with E-state index in [4.69, 9.17) is 0 Å². The van der Waals surface area contributed by atoms with E-state index in [-0.39, 0.29) is 23.3 Å². The van der Waals surface area contributed by atoms with Gasteiger partial charge in [-0.3, -0.25) is 4.79 Å². The number of sulfone groups is 1. The Bertz CT molecular complexity index is 421. The third kappa shape index (κ3) is 2.85. The Morgan fingerprint density at radius 2 is 2.06 bits per heavy atom. The monoisotopic (exact) mass is 274 g/mol. The van der Waals surface area contributed by atoms with Crippen molar-refractivity contribution in [2.75, 3.05) is 31.6 Å². The van der Waals surface area contributed by atoms with Crippen molar-refractivity contribution in [1.82, 2.24) is 10.2 Å². The Morgan fingerprint density at radius 1 is 1.33 bits per heavy atom. The van der Waals surface area contributed by atoms with Gasteiger partial charge in [0.25, 0.3) is 0 Å². The van der Waals surface area contributed by atoms with E-state index in [2.05, 4.69) is 12.2 Å². The van der Waals surface area contributed by atoms with E-state index in [1.165, 1.54) is 0 Å². The standard InChI is InChI=1S/C12H22N2O3S/c1-9-7-14(5-3-11(9)13-2)12(15)10-4-6-18(16,17)8-10/h9-11,13H,3-8H2,1-2H3. The molecule has 0 aliphatic carbocycles. The normalized spacial score (nSPS) is 35.7. The predicted octanol–water partition coefficient (Wildman–Crippen LogP) is -0.122. The molecule has 2 aliphatic heterocycles. The molecule has 5 nitrogen and oxygen atoms in total. The van der Waals surface area contributed by atoms with Crippen molar-refractivity contribution in [2.24, 2.45) is 11.8 Å². The Kier molecular flexibility index (Phi) is 3.96. The summed E-state index contributed by atoms with van der Waals surface area (Å²) in [6, 6.07) is 0.460. The van der Waals surface area contributed by atoms with Crippen molar-refractivity contribution in [3.63, 3.8) is 0 Å². The molecule has 2 rings (SSSR count). The van der Waals surface area contributed by atoms with E-state index < -0.39 is 9.84 Å². The second kappa shape index (κ2) is 5.17. The summed E-state index contributed by atoms with van der Waals surface area (Å²) in [4.78, 5) is 14.1. The summed E-state index contributed by atoms with van der Waals surface area (Å²) in [5.41, 5.74) is 0. The van der Waals surface area contributed by atoms with Crippen LogP contribution < -0.4 is 5.32 Å². The lowest BCUT2D eigenvalue weighted by Gasteiger charge is -2.37. The molecular weight excluding hydrogens is 252 g/mol. The first-order valence-electron chi connectivity index (χ1n) is 6.59. The van der Waals surface area contributed by atoms with Gasteiger partial charge in [0.05, 0.1) is 17.4 Å². The summed E-state index contributed by atoms with van der Waals surface area (Å²) in [6.45, 7) is 3.61. The largest absolute Gasteiger partial charge is 0.342 e. The molecule has 2 saturated heterocycles. The van der Waals surface area contributed by atoms with Crippen molar-refractivity contribution in [1.29, 1.82) is 0 Å². The highest BCUT2D eigenvalue weighted by molar-refractivity contribution is 7.91. The summed E-state index contributed by atoms with van der Waals surface area (Å²) in [7, 11) is -1.02. The van der Waals surface area contributed by atoms with Gasteiger partial charge in [0.15, 0.2) is 9.84 Å². The molecule has 2 aliphatic rings. The Morgan fingerprint density at radius 3 is 2.56 bits per heavy atom. The maximum Gasteiger partial charge on any atom is 0.226 e. The summed E-state index contributed by atoms with van der Waals surface area (Å²) < 4.78 is 22.8. The fourth-order valence-corrected chi connectivity index (χ4v) is 4.76. The minimum absolute atomic E-state index is 0.0393. The van der Waals surface area contributed by atoms with Crippen molar-refractivity contribution in [2.45, 2.75) is 25.8 Å². The van der Waals surface area contributed by atoms with Crippen molar-refractivity contribution < 1.29 is 13.2 Å². The number of carbonyl (C=O) groups is 1. The molecule has 0 radical (unpaired) electrons. The Labute approximate surface area is 109 Å². The zero-order valence-corrected chi connectivity index (χ0v) is 11.9. The topological polar surface area (TPSA) is 66.5 Å². The van der Waals surface area contributed by atoms with Crippen molar-refractivity contribution in [3.8, 4) is 0 Å². The van der Waals surface area contributed by atoms with Gasteiger partial charge in [0.2, 0.25) is 5.91 Å². The number of hydrogen-bond donors (Lipinski definition) is 1. The van der Waals surface area contributed by atoms with Crippen LogP contribution in [-0.4, -0.2) is 56.9 Å². The molecule has 0 aromatic rings. The summed E-state index contributed by atoms with van der Waals surface area (Å²) in [5, 5.41) is 3.26. The highest BCUT2D eigenvalue weighted by atomic mass is 32.2. The number of nitrogens with one attached hydrogen (secondary N) is 1. The van der Waals surface area contributed by atoms with E-state index in [0.717, 1.165) is 19.5 Å². The third-order valence-corrected chi connectivity index (χ3v) is 5.94. The maximum atomic E-state index is 12.3. The lowest BCUT2D eigenvalue weighted by atomic mass is 9.93. The molecule has 1 amide bonds. The van der Waals surface area contributed by atoms with Crippen molar-refractivity contribution in [3.05, 3.63) is 0 Å². The number of likely N-dealkylation sites (tertiary alicyclic amines) is 1. The summed E-state index contributed by atoms with van der Waals surface area (Å²) in [6.07, 6.45) is 1.45.